The number of benzene rings is 2. The van der Waals surface area contributed by atoms with Gasteiger partial charge in [-0.3, -0.25) is 0 Å². The van der Waals surface area contributed by atoms with Crippen molar-refractivity contribution in [3.63, 3.8) is 0 Å². The van der Waals surface area contributed by atoms with E-state index in [4.69, 9.17) is 11.6 Å². The van der Waals surface area contributed by atoms with Crippen LogP contribution in [0.25, 0.3) is 0 Å². The van der Waals surface area contributed by atoms with Crippen molar-refractivity contribution in [1.82, 2.24) is 0 Å². The van der Waals surface area contributed by atoms with Crippen molar-refractivity contribution in [3.8, 4) is 0 Å². The monoisotopic (exact) mass is 377 g/mol. The van der Waals surface area contributed by atoms with Gasteiger partial charge in [0.1, 0.15) is 0 Å². The van der Waals surface area contributed by atoms with Crippen molar-refractivity contribution in [1.29, 1.82) is 0 Å². The van der Waals surface area contributed by atoms with Crippen LogP contribution in [-0.2, 0) is 6.18 Å². The van der Waals surface area contributed by atoms with Crippen molar-refractivity contribution in [3.05, 3.63) is 63.1 Å². The maximum atomic E-state index is 12.5. The van der Waals surface area contributed by atoms with E-state index < -0.39 is 11.7 Å². The Hall–Kier alpha value is -1.20. The van der Waals surface area contributed by atoms with Crippen molar-refractivity contribution >= 4 is 33.2 Å². The molecule has 2 aromatic carbocycles. The van der Waals surface area contributed by atoms with Gasteiger partial charge in [-0.25, -0.2) is 0 Å². The fourth-order valence-electron chi connectivity index (χ4n) is 1.89. The van der Waals surface area contributed by atoms with Gasteiger partial charge in [0.2, 0.25) is 0 Å². The molecular weight excluding hydrogens is 367 g/mol. The first-order valence-electron chi connectivity index (χ1n) is 6.16. The molecule has 0 radical (unpaired) electrons. The summed E-state index contributed by atoms with van der Waals surface area (Å²) < 4.78 is 38.4. The summed E-state index contributed by atoms with van der Waals surface area (Å²) in [4.78, 5) is 0. The zero-order chi connectivity index (χ0) is 15.6. The van der Waals surface area contributed by atoms with Crippen LogP contribution >= 0.6 is 27.5 Å². The largest absolute Gasteiger partial charge is 0.416 e. The Labute approximate surface area is 134 Å². The number of hydrogen-bond acceptors (Lipinski definition) is 1. The number of rotatable bonds is 3. The van der Waals surface area contributed by atoms with E-state index in [1.807, 2.05) is 13.0 Å². The molecule has 0 aliphatic heterocycles. The third-order valence-corrected chi connectivity index (χ3v) is 3.97. The van der Waals surface area contributed by atoms with Crippen LogP contribution in [0, 0.1) is 0 Å². The van der Waals surface area contributed by atoms with Gasteiger partial charge in [-0.2, -0.15) is 13.2 Å². The molecule has 0 saturated carbocycles. The topological polar surface area (TPSA) is 12.0 Å². The summed E-state index contributed by atoms with van der Waals surface area (Å²) in [5, 5.41) is 3.80. The number of anilines is 1. The summed E-state index contributed by atoms with van der Waals surface area (Å²) in [6.45, 7) is 1.87. The van der Waals surface area contributed by atoms with Gasteiger partial charge < -0.3 is 5.32 Å². The first-order valence-corrected chi connectivity index (χ1v) is 7.33. The van der Waals surface area contributed by atoms with Gasteiger partial charge in [-0.05, 0) is 58.7 Å². The maximum Gasteiger partial charge on any atom is 0.416 e. The minimum atomic E-state index is -4.31. The first kappa shape index (κ1) is 16.2. The van der Waals surface area contributed by atoms with E-state index in [1.165, 1.54) is 12.1 Å². The zero-order valence-electron chi connectivity index (χ0n) is 11.0. The molecule has 0 aliphatic rings. The SMILES string of the molecule is CC(Nc1cc(Cl)ccc1Br)c1ccc(C(F)(F)F)cc1. The number of halogens is 5. The molecule has 21 heavy (non-hydrogen) atoms. The van der Waals surface area contributed by atoms with Gasteiger partial charge >= 0.3 is 6.18 Å². The second-order valence-electron chi connectivity index (χ2n) is 4.61. The summed E-state index contributed by atoms with van der Waals surface area (Å²) in [5.74, 6) is 0. The van der Waals surface area contributed by atoms with E-state index in [2.05, 4.69) is 21.2 Å². The summed E-state index contributed by atoms with van der Waals surface area (Å²) in [6, 6.07) is 10.3. The molecule has 0 aliphatic carbocycles. The van der Waals surface area contributed by atoms with Crippen LogP contribution in [0.2, 0.25) is 5.02 Å². The molecule has 112 valence electrons. The smallest absolute Gasteiger partial charge is 0.378 e. The van der Waals surface area contributed by atoms with Crippen molar-refractivity contribution in [2.75, 3.05) is 5.32 Å². The molecule has 1 N–H and O–H groups in total. The van der Waals surface area contributed by atoms with Crippen molar-refractivity contribution < 1.29 is 13.2 Å². The van der Waals surface area contributed by atoms with E-state index in [0.29, 0.717) is 5.02 Å². The van der Waals surface area contributed by atoms with E-state index in [1.54, 1.807) is 12.1 Å². The standard InChI is InChI=1S/C15H12BrClF3N/c1-9(21-14-8-12(17)6-7-13(14)16)10-2-4-11(5-3-10)15(18,19)20/h2-9,21H,1H3. The Morgan fingerprint density at radius 3 is 2.29 bits per heavy atom. The van der Waals surface area contributed by atoms with E-state index >= 15 is 0 Å². The lowest BCUT2D eigenvalue weighted by Crippen LogP contribution is -2.09. The number of hydrogen-bond donors (Lipinski definition) is 1. The zero-order valence-corrected chi connectivity index (χ0v) is 13.4. The second-order valence-corrected chi connectivity index (χ2v) is 5.90. The molecule has 0 bridgehead atoms. The van der Waals surface area contributed by atoms with Crippen LogP contribution in [0.15, 0.2) is 46.9 Å². The Bertz CT molecular complexity index is 626. The molecule has 1 atom stereocenters. The van der Waals surface area contributed by atoms with Gasteiger partial charge in [0.15, 0.2) is 0 Å². The highest BCUT2D eigenvalue weighted by molar-refractivity contribution is 9.10. The molecule has 6 heteroatoms. The minimum absolute atomic E-state index is 0.151. The van der Waals surface area contributed by atoms with Crippen LogP contribution in [-0.4, -0.2) is 0 Å². The lowest BCUT2D eigenvalue weighted by molar-refractivity contribution is -0.137. The highest BCUT2D eigenvalue weighted by Crippen LogP contribution is 2.32. The summed E-state index contributed by atoms with van der Waals surface area (Å²) >= 11 is 9.33. The minimum Gasteiger partial charge on any atom is -0.378 e. The Morgan fingerprint density at radius 1 is 1.10 bits per heavy atom. The molecule has 0 fully saturated rings. The van der Waals surface area contributed by atoms with E-state index in [0.717, 1.165) is 27.9 Å². The normalized spacial score (nSPS) is 13.0. The van der Waals surface area contributed by atoms with Gasteiger partial charge in [-0.15, -0.1) is 0 Å². The Morgan fingerprint density at radius 2 is 1.71 bits per heavy atom. The van der Waals surface area contributed by atoms with Gasteiger partial charge in [0.25, 0.3) is 0 Å². The Balaban J connectivity index is 2.17. The molecule has 1 unspecified atom stereocenters. The lowest BCUT2D eigenvalue weighted by atomic mass is 10.1. The molecular formula is C15H12BrClF3N. The maximum absolute atomic E-state index is 12.5. The van der Waals surface area contributed by atoms with Crippen molar-refractivity contribution in [2.45, 2.75) is 19.1 Å². The van der Waals surface area contributed by atoms with E-state index in [-0.39, 0.29) is 6.04 Å². The number of nitrogens with one attached hydrogen (secondary N) is 1. The molecule has 2 rings (SSSR count). The summed E-state index contributed by atoms with van der Waals surface area (Å²) in [7, 11) is 0. The van der Waals surface area contributed by atoms with Gasteiger partial charge in [0, 0.05) is 15.5 Å². The van der Waals surface area contributed by atoms with Crippen LogP contribution in [0.5, 0.6) is 0 Å². The molecule has 0 aromatic heterocycles. The highest BCUT2D eigenvalue weighted by atomic mass is 79.9. The predicted octanol–water partition coefficient (Wildman–Crippen LogP) is 6.29. The lowest BCUT2D eigenvalue weighted by Gasteiger charge is -2.18. The van der Waals surface area contributed by atoms with Crippen LogP contribution in [0.3, 0.4) is 0 Å². The van der Waals surface area contributed by atoms with Gasteiger partial charge in [0.05, 0.1) is 11.3 Å². The fraction of sp³-hybridized carbons (Fsp3) is 0.200. The predicted molar refractivity (Wildman–Crippen MR) is 82.6 cm³/mol. The average molecular weight is 379 g/mol. The molecule has 0 heterocycles. The van der Waals surface area contributed by atoms with Crippen LogP contribution in [0.4, 0.5) is 18.9 Å². The van der Waals surface area contributed by atoms with Crippen molar-refractivity contribution in [2.24, 2.45) is 0 Å². The molecule has 0 spiro atoms. The molecule has 2 aromatic rings. The van der Waals surface area contributed by atoms with Gasteiger partial charge in [-0.1, -0.05) is 23.7 Å². The summed E-state index contributed by atoms with van der Waals surface area (Å²) in [5.41, 5.74) is 0.896. The molecule has 1 nitrogen and oxygen atoms in total. The third-order valence-electron chi connectivity index (χ3n) is 3.04. The van der Waals surface area contributed by atoms with Crippen LogP contribution in [0.1, 0.15) is 24.1 Å². The fourth-order valence-corrected chi connectivity index (χ4v) is 2.42. The second kappa shape index (κ2) is 6.28. The average Bonchev–Trinajstić information content (AvgIpc) is 2.42. The Kier molecular flexibility index (Phi) is 4.84. The molecule has 0 saturated heterocycles. The quantitative estimate of drug-likeness (QED) is 0.661. The first-order chi connectivity index (χ1) is 9.77. The van der Waals surface area contributed by atoms with E-state index in [9.17, 15) is 13.2 Å². The summed E-state index contributed by atoms with van der Waals surface area (Å²) in [6.07, 6.45) is -4.31. The highest BCUT2D eigenvalue weighted by Gasteiger charge is 2.30. The van der Waals surface area contributed by atoms with Crippen LogP contribution < -0.4 is 5.32 Å². The number of alkyl halides is 3. The third kappa shape index (κ3) is 4.14. The molecule has 0 amide bonds.